The number of carbonyl (C=O) groups is 1. The van der Waals surface area contributed by atoms with Gasteiger partial charge in [-0.2, -0.15) is 0 Å². The van der Waals surface area contributed by atoms with E-state index < -0.39 is 0 Å². The van der Waals surface area contributed by atoms with Crippen molar-refractivity contribution in [1.82, 2.24) is 10.6 Å². The lowest BCUT2D eigenvalue weighted by Gasteiger charge is -2.13. The number of benzene rings is 1. The molecule has 1 aromatic carbocycles. The van der Waals surface area contributed by atoms with Gasteiger partial charge in [0.15, 0.2) is 0 Å². The topological polar surface area (TPSA) is 50.4 Å². The van der Waals surface area contributed by atoms with Crippen molar-refractivity contribution in [3.63, 3.8) is 0 Å². The Bertz CT molecular complexity index is 390. The third-order valence-electron chi connectivity index (χ3n) is 3.10. The third-order valence-corrected chi connectivity index (χ3v) is 3.10. The number of carbonyl (C=O) groups excluding carboxylic acids is 1. The van der Waals surface area contributed by atoms with Crippen molar-refractivity contribution in [3.8, 4) is 5.75 Å². The Morgan fingerprint density at radius 1 is 1.37 bits per heavy atom. The molecule has 1 fully saturated rings. The average molecular weight is 262 g/mol. The van der Waals surface area contributed by atoms with Crippen LogP contribution in [0.4, 0.5) is 0 Å². The molecule has 1 amide bonds. The van der Waals surface area contributed by atoms with Crippen molar-refractivity contribution >= 4 is 5.91 Å². The molecule has 1 atom stereocenters. The van der Waals surface area contributed by atoms with Gasteiger partial charge in [-0.3, -0.25) is 4.79 Å². The zero-order valence-corrected chi connectivity index (χ0v) is 11.4. The quantitative estimate of drug-likeness (QED) is 0.701. The minimum absolute atomic E-state index is 0.103. The summed E-state index contributed by atoms with van der Waals surface area (Å²) in [4.78, 5) is 11.7. The highest BCUT2D eigenvalue weighted by atomic mass is 16.5. The number of para-hydroxylation sites is 1. The first-order valence-electron chi connectivity index (χ1n) is 6.97. The zero-order chi connectivity index (χ0) is 13.5. The number of nitrogens with one attached hydrogen (secondary N) is 2. The maximum atomic E-state index is 11.7. The van der Waals surface area contributed by atoms with Gasteiger partial charge in [0, 0.05) is 6.04 Å². The summed E-state index contributed by atoms with van der Waals surface area (Å²) in [5.41, 5.74) is 0. The number of amides is 1. The van der Waals surface area contributed by atoms with E-state index in [0.717, 1.165) is 31.6 Å². The van der Waals surface area contributed by atoms with Crippen LogP contribution in [0.5, 0.6) is 5.75 Å². The summed E-state index contributed by atoms with van der Waals surface area (Å²) in [5, 5.41) is 6.20. The maximum absolute atomic E-state index is 11.7. The highest BCUT2D eigenvalue weighted by molar-refractivity contribution is 5.81. The molecular formula is C15H22N2O2. The van der Waals surface area contributed by atoms with E-state index in [9.17, 15) is 4.79 Å². The largest absolute Gasteiger partial charge is 0.494 e. The normalized spacial score (nSPS) is 15.8. The summed E-state index contributed by atoms with van der Waals surface area (Å²) < 4.78 is 5.58. The Labute approximate surface area is 114 Å². The second-order valence-corrected chi connectivity index (χ2v) is 4.97. The van der Waals surface area contributed by atoms with Gasteiger partial charge < -0.3 is 15.4 Å². The fourth-order valence-electron chi connectivity index (χ4n) is 1.74. The first kappa shape index (κ1) is 13.9. The van der Waals surface area contributed by atoms with Crippen LogP contribution >= 0.6 is 0 Å². The molecule has 0 spiro atoms. The summed E-state index contributed by atoms with van der Waals surface area (Å²) in [7, 11) is 0. The molecule has 0 heterocycles. The van der Waals surface area contributed by atoms with Gasteiger partial charge in [0.25, 0.3) is 0 Å². The van der Waals surface area contributed by atoms with E-state index in [1.54, 1.807) is 0 Å². The predicted octanol–water partition coefficient (Wildman–Crippen LogP) is 1.71. The Balaban J connectivity index is 1.52. The van der Waals surface area contributed by atoms with Crippen molar-refractivity contribution in [2.45, 2.75) is 38.3 Å². The van der Waals surface area contributed by atoms with Gasteiger partial charge in [-0.05, 0) is 44.9 Å². The number of rotatable bonds is 8. The van der Waals surface area contributed by atoms with Crippen LogP contribution < -0.4 is 15.4 Å². The Kier molecular flexibility index (Phi) is 5.21. The molecule has 4 nitrogen and oxygen atoms in total. The summed E-state index contributed by atoms with van der Waals surface area (Å²) in [5.74, 6) is 0.994. The van der Waals surface area contributed by atoms with Gasteiger partial charge in [-0.1, -0.05) is 18.2 Å². The lowest BCUT2D eigenvalue weighted by atomic mass is 10.3. The second kappa shape index (κ2) is 7.14. The summed E-state index contributed by atoms with van der Waals surface area (Å²) in [6, 6.07) is 10.1. The van der Waals surface area contributed by atoms with Gasteiger partial charge >= 0.3 is 0 Å². The van der Waals surface area contributed by atoms with Crippen molar-refractivity contribution in [1.29, 1.82) is 0 Å². The fourth-order valence-corrected chi connectivity index (χ4v) is 1.74. The van der Waals surface area contributed by atoms with Gasteiger partial charge in [0.1, 0.15) is 5.75 Å². The third kappa shape index (κ3) is 5.30. The maximum Gasteiger partial charge on any atom is 0.237 e. The van der Waals surface area contributed by atoms with Crippen molar-refractivity contribution in [3.05, 3.63) is 30.3 Å². The van der Waals surface area contributed by atoms with Crippen molar-refractivity contribution in [2.24, 2.45) is 0 Å². The minimum atomic E-state index is -0.127. The molecule has 2 N–H and O–H groups in total. The molecule has 19 heavy (non-hydrogen) atoms. The standard InChI is InChI=1S/C15H22N2O2/c1-12(15(18)17-13-8-9-13)16-10-5-11-19-14-6-3-2-4-7-14/h2-4,6-7,12-13,16H,5,8-11H2,1H3,(H,17,18). The van der Waals surface area contributed by atoms with Gasteiger partial charge in [0.05, 0.1) is 12.6 Å². The Morgan fingerprint density at radius 3 is 2.79 bits per heavy atom. The molecule has 0 aliphatic heterocycles. The van der Waals surface area contributed by atoms with Crippen LogP contribution in [0.2, 0.25) is 0 Å². The summed E-state index contributed by atoms with van der Waals surface area (Å²) >= 11 is 0. The molecule has 0 aromatic heterocycles. The molecule has 1 unspecified atom stereocenters. The van der Waals surface area contributed by atoms with Crippen LogP contribution in [0.25, 0.3) is 0 Å². The number of hydrogen-bond acceptors (Lipinski definition) is 3. The van der Waals surface area contributed by atoms with Crippen molar-refractivity contribution in [2.75, 3.05) is 13.2 Å². The molecule has 1 saturated carbocycles. The van der Waals surface area contributed by atoms with Crippen molar-refractivity contribution < 1.29 is 9.53 Å². The molecular weight excluding hydrogens is 240 g/mol. The van der Waals surface area contributed by atoms with E-state index in [1.807, 2.05) is 37.3 Å². The lowest BCUT2D eigenvalue weighted by molar-refractivity contribution is -0.122. The van der Waals surface area contributed by atoms with E-state index in [4.69, 9.17) is 4.74 Å². The van der Waals surface area contributed by atoms with E-state index in [0.29, 0.717) is 12.6 Å². The smallest absolute Gasteiger partial charge is 0.237 e. The monoisotopic (exact) mass is 262 g/mol. The molecule has 0 saturated heterocycles. The van der Waals surface area contributed by atoms with E-state index in [-0.39, 0.29) is 11.9 Å². The van der Waals surface area contributed by atoms with Crippen LogP contribution in [0.1, 0.15) is 26.2 Å². The molecule has 104 valence electrons. The van der Waals surface area contributed by atoms with Gasteiger partial charge in [0.2, 0.25) is 5.91 Å². The first-order valence-corrected chi connectivity index (χ1v) is 6.97. The summed E-state index contributed by atoms with van der Waals surface area (Å²) in [6.07, 6.45) is 3.14. The Hall–Kier alpha value is -1.55. The van der Waals surface area contributed by atoms with E-state index in [1.165, 1.54) is 0 Å². The van der Waals surface area contributed by atoms with E-state index >= 15 is 0 Å². The Morgan fingerprint density at radius 2 is 2.11 bits per heavy atom. The molecule has 1 aromatic rings. The minimum Gasteiger partial charge on any atom is -0.494 e. The second-order valence-electron chi connectivity index (χ2n) is 4.97. The van der Waals surface area contributed by atoms with Crippen LogP contribution in [0.15, 0.2) is 30.3 Å². The molecule has 0 bridgehead atoms. The van der Waals surface area contributed by atoms with Crippen LogP contribution in [0, 0.1) is 0 Å². The van der Waals surface area contributed by atoms with E-state index in [2.05, 4.69) is 10.6 Å². The zero-order valence-electron chi connectivity index (χ0n) is 11.4. The highest BCUT2D eigenvalue weighted by Gasteiger charge is 2.25. The highest BCUT2D eigenvalue weighted by Crippen LogP contribution is 2.18. The molecule has 2 rings (SSSR count). The predicted molar refractivity (Wildman–Crippen MR) is 75.2 cm³/mol. The molecule has 1 aliphatic rings. The number of hydrogen-bond donors (Lipinski definition) is 2. The molecule has 1 aliphatic carbocycles. The lowest BCUT2D eigenvalue weighted by Crippen LogP contribution is -2.43. The van der Waals surface area contributed by atoms with Crippen LogP contribution in [-0.4, -0.2) is 31.1 Å². The van der Waals surface area contributed by atoms with Crippen LogP contribution in [0.3, 0.4) is 0 Å². The number of ether oxygens (including phenoxy) is 1. The van der Waals surface area contributed by atoms with Gasteiger partial charge in [-0.25, -0.2) is 0 Å². The fraction of sp³-hybridized carbons (Fsp3) is 0.533. The molecule has 0 radical (unpaired) electrons. The van der Waals surface area contributed by atoms with Crippen LogP contribution in [-0.2, 0) is 4.79 Å². The average Bonchev–Trinajstić information content (AvgIpc) is 3.23. The first-order chi connectivity index (χ1) is 9.25. The SMILES string of the molecule is CC(NCCCOc1ccccc1)C(=O)NC1CC1. The van der Waals surface area contributed by atoms with Gasteiger partial charge in [-0.15, -0.1) is 0 Å². The summed E-state index contributed by atoms with van der Waals surface area (Å²) in [6.45, 7) is 3.34. The molecule has 4 heteroatoms.